The van der Waals surface area contributed by atoms with E-state index in [9.17, 15) is 14.4 Å². The highest BCUT2D eigenvalue weighted by molar-refractivity contribution is 8.13. The molecule has 0 aliphatic carbocycles. The molecule has 19 heavy (non-hydrogen) atoms. The van der Waals surface area contributed by atoms with Gasteiger partial charge in [0.1, 0.15) is 0 Å². The van der Waals surface area contributed by atoms with E-state index < -0.39 is 5.97 Å². The Kier molecular flexibility index (Phi) is 6.91. The summed E-state index contributed by atoms with van der Waals surface area (Å²) in [5, 5.41) is 8.73. The molecular weight excluding hydrogens is 266 g/mol. The third kappa shape index (κ3) is 6.09. The largest absolute Gasteiger partial charge is 0.481 e. The van der Waals surface area contributed by atoms with Crippen LogP contribution in [0.3, 0.4) is 0 Å². The Balaban J connectivity index is 2.59. The number of carbonyl (C=O) groups is 3. The summed E-state index contributed by atoms with van der Waals surface area (Å²) in [5.74, 6) is -0.514. The van der Waals surface area contributed by atoms with Crippen molar-refractivity contribution in [3.63, 3.8) is 0 Å². The van der Waals surface area contributed by atoms with E-state index in [-0.39, 0.29) is 29.9 Å². The van der Waals surface area contributed by atoms with Crippen LogP contribution >= 0.6 is 11.8 Å². The molecule has 6 heteroatoms. The van der Waals surface area contributed by atoms with Gasteiger partial charge in [-0.15, -0.1) is 0 Å². The van der Waals surface area contributed by atoms with Crippen LogP contribution in [0.1, 0.15) is 39.0 Å². The number of hydrogen-bond donors (Lipinski definition) is 1. The summed E-state index contributed by atoms with van der Waals surface area (Å²) < 4.78 is 0. The minimum atomic E-state index is -0.885. The number of nitrogens with zero attached hydrogens (tertiary/aromatic N) is 1. The van der Waals surface area contributed by atoms with Crippen LogP contribution < -0.4 is 0 Å². The van der Waals surface area contributed by atoms with Crippen molar-refractivity contribution in [2.24, 2.45) is 5.92 Å². The summed E-state index contributed by atoms with van der Waals surface area (Å²) in [7, 11) is 0. The fourth-order valence-electron chi connectivity index (χ4n) is 2.19. The number of carboxylic acids is 1. The quantitative estimate of drug-likeness (QED) is 0.834. The second-order valence-corrected chi connectivity index (χ2v) is 6.01. The summed E-state index contributed by atoms with van der Waals surface area (Å²) in [6.07, 6.45) is 3.76. The molecule has 0 aromatic rings. The van der Waals surface area contributed by atoms with Crippen molar-refractivity contribution < 1.29 is 19.5 Å². The summed E-state index contributed by atoms with van der Waals surface area (Å²) in [6.45, 7) is 2.41. The molecule has 1 saturated heterocycles. The van der Waals surface area contributed by atoms with Gasteiger partial charge < -0.3 is 10.0 Å². The Hall–Kier alpha value is -1.04. The summed E-state index contributed by atoms with van der Waals surface area (Å²) in [6, 6.07) is 0. The summed E-state index contributed by atoms with van der Waals surface area (Å²) >= 11 is 1.18. The molecule has 0 saturated carbocycles. The van der Waals surface area contributed by atoms with E-state index in [0.717, 1.165) is 25.7 Å². The highest BCUT2D eigenvalue weighted by atomic mass is 32.2. The molecule has 0 radical (unpaired) electrons. The van der Waals surface area contributed by atoms with E-state index in [2.05, 4.69) is 0 Å². The van der Waals surface area contributed by atoms with Crippen molar-refractivity contribution in [1.29, 1.82) is 0 Å². The molecule has 1 heterocycles. The van der Waals surface area contributed by atoms with Gasteiger partial charge in [0.05, 0.1) is 6.42 Å². The zero-order valence-electron chi connectivity index (χ0n) is 11.3. The lowest BCUT2D eigenvalue weighted by molar-refractivity contribution is -0.139. The van der Waals surface area contributed by atoms with Crippen LogP contribution in [-0.4, -0.2) is 45.8 Å². The topological polar surface area (TPSA) is 74.7 Å². The van der Waals surface area contributed by atoms with Gasteiger partial charge in [-0.2, -0.15) is 0 Å². The maximum atomic E-state index is 12.3. The highest BCUT2D eigenvalue weighted by Gasteiger charge is 2.26. The van der Waals surface area contributed by atoms with Gasteiger partial charge in [0, 0.05) is 31.7 Å². The minimum Gasteiger partial charge on any atom is -0.481 e. The Morgan fingerprint density at radius 3 is 2.74 bits per heavy atom. The smallest absolute Gasteiger partial charge is 0.305 e. The van der Waals surface area contributed by atoms with Gasteiger partial charge in [-0.1, -0.05) is 24.6 Å². The number of carboxylic acid groups (broad SMARTS) is 1. The van der Waals surface area contributed by atoms with E-state index in [1.807, 2.05) is 0 Å². The van der Waals surface area contributed by atoms with Crippen LogP contribution in [-0.2, 0) is 14.4 Å². The monoisotopic (exact) mass is 287 g/mol. The molecular formula is C13H21NO4S. The fraction of sp³-hybridized carbons (Fsp3) is 0.769. The predicted octanol–water partition coefficient (Wildman–Crippen LogP) is 1.76. The molecule has 1 aliphatic heterocycles. The lowest BCUT2D eigenvalue weighted by Crippen LogP contribution is -2.40. The number of carbonyl (C=O) groups excluding carboxylic acids is 2. The third-order valence-electron chi connectivity index (χ3n) is 3.22. The van der Waals surface area contributed by atoms with Gasteiger partial charge >= 0.3 is 5.97 Å². The van der Waals surface area contributed by atoms with Crippen molar-refractivity contribution in [2.45, 2.75) is 39.0 Å². The molecule has 1 atom stereocenters. The molecule has 1 rings (SSSR count). The van der Waals surface area contributed by atoms with Gasteiger partial charge in [0.25, 0.3) is 0 Å². The third-order valence-corrected chi connectivity index (χ3v) is 4.20. The molecule has 0 aromatic carbocycles. The molecule has 0 bridgehead atoms. The molecule has 5 nitrogen and oxygen atoms in total. The molecule has 1 fully saturated rings. The van der Waals surface area contributed by atoms with Gasteiger partial charge in [-0.3, -0.25) is 14.4 Å². The molecule has 0 aromatic heterocycles. The van der Waals surface area contributed by atoms with Crippen molar-refractivity contribution in [3.8, 4) is 0 Å². The number of amides is 1. The van der Waals surface area contributed by atoms with E-state index >= 15 is 0 Å². The maximum absolute atomic E-state index is 12.3. The van der Waals surface area contributed by atoms with Gasteiger partial charge in [0.2, 0.25) is 5.91 Å². The van der Waals surface area contributed by atoms with E-state index in [4.69, 9.17) is 5.11 Å². The molecule has 1 aliphatic rings. The summed E-state index contributed by atoms with van der Waals surface area (Å²) in [5.41, 5.74) is 0. The SMILES string of the molecule is CC(=O)SCC1CCCCCN(CCC(=O)O)C1=O. The molecule has 1 N–H and O–H groups in total. The standard InChI is InChI=1S/C13H21NO4S/c1-10(15)19-9-11-5-3-2-4-7-14(13(11)18)8-6-12(16)17/h11H,2-9H2,1H3,(H,16,17). The predicted molar refractivity (Wildman–Crippen MR) is 73.9 cm³/mol. The molecule has 108 valence electrons. The van der Waals surface area contributed by atoms with E-state index in [1.165, 1.54) is 18.7 Å². The highest BCUT2D eigenvalue weighted by Crippen LogP contribution is 2.22. The average molecular weight is 287 g/mol. The Bertz CT molecular complexity index is 316. The van der Waals surface area contributed by atoms with Crippen LogP contribution in [0.2, 0.25) is 0 Å². The molecule has 0 spiro atoms. The van der Waals surface area contributed by atoms with Crippen LogP contribution in [0.25, 0.3) is 0 Å². The van der Waals surface area contributed by atoms with Crippen molar-refractivity contribution in [3.05, 3.63) is 0 Å². The lowest BCUT2D eigenvalue weighted by Gasteiger charge is -2.29. The van der Waals surface area contributed by atoms with E-state index in [0.29, 0.717) is 12.3 Å². The van der Waals surface area contributed by atoms with Gasteiger partial charge in [-0.05, 0) is 12.8 Å². The Labute approximate surface area is 117 Å². The molecule has 1 unspecified atom stereocenters. The second-order valence-electron chi connectivity index (χ2n) is 4.82. The van der Waals surface area contributed by atoms with Crippen molar-refractivity contribution in [1.82, 2.24) is 4.90 Å². The average Bonchev–Trinajstić information content (AvgIpc) is 2.32. The van der Waals surface area contributed by atoms with Crippen LogP contribution in [0.15, 0.2) is 0 Å². The van der Waals surface area contributed by atoms with Crippen LogP contribution in [0.5, 0.6) is 0 Å². The lowest BCUT2D eigenvalue weighted by atomic mass is 9.98. The zero-order chi connectivity index (χ0) is 14.3. The minimum absolute atomic E-state index is 0.00898. The normalized spacial score (nSPS) is 20.8. The first-order valence-corrected chi connectivity index (χ1v) is 7.63. The van der Waals surface area contributed by atoms with E-state index in [1.54, 1.807) is 4.90 Å². The number of rotatable bonds is 5. The van der Waals surface area contributed by atoms with Crippen LogP contribution in [0, 0.1) is 5.92 Å². The Morgan fingerprint density at radius 1 is 1.37 bits per heavy atom. The summed E-state index contributed by atoms with van der Waals surface area (Å²) in [4.78, 5) is 35.6. The Morgan fingerprint density at radius 2 is 2.11 bits per heavy atom. The number of likely N-dealkylation sites (tertiary alicyclic amines) is 1. The molecule has 1 amide bonds. The first kappa shape index (κ1) is 16.0. The van der Waals surface area contributed by atoms with Gasteiger partial charge in [-0.25, -0.2) is 0 Å². The fourth-order valence-corrected chi connectivity index (χ4v) is 2.93. The number of thioether (sulfide) groups is 1. The van der Waals surface area contributed by atoms with Crippen LogP contribution in [0.4, 0.5) is 0 Å². The van der Waals surface area contributed by atoms with Crippen molar-refractivity contribution >= 4 is 28.8 Å². The first-order valence-electron chi connectivity index (χ1n) is 6.64. The number of aliphatic carboxylic acids is 1. The maximum Gasteiger partial charge on any atom is 0.305 e. The van der Waals surface area contributed by atoms with Crippen molar-refractivity contribution in [2.75, 3.05) is 18.8 Å². The zero-order valence-corrected chi connectivity index (χ0v) is 12.1. The van der Waals surface area contributed by atoms with Gasteiger partial charge in [0.15, 0.2) is 5.12 Å². The number of hydrogen-bond acceptors (Lipinski definition) is 4. The first-order chi connectivity index (χ1) is 9.00. The second kappa shape index (κ2) is 8.19.